The van der Waals surface area contributed by atoms with Gasteiger partial charge in [0.15, 0.2) is 0 Å². The molecule has 3 N–H and O–H groups in total. The molecule has 0 amide bonds. The molecule has 1 atom stereocenters. The van der Waals surface area contributed by atoms with Gasteiger partial charge in [-0.1, -0.05) is 13.8 Å². The fourth-order valence-corrected chi connectivity index (χ4v) is 1.50. The fraction of sp³-hybridized carbons (Fsp3) is 0.500. The maximum absolute atomic E-state index is 12.9. The molecular weight excluding hydrogens is 210 g/mol. The first-order valence-corrected chi connectivity index (χ1v) is 5.43. The third-order valence-corrected chi connectivity index (χ3v) is 2.68. The number of nitrogens with two attached hydrogens (primary N) is 1. The number of anilines is 1. The topological polar surface area (TPSA) is 38.0 Å². The Balaban J connectivity index is 2.60. The minimum atomic E-state index is -0.573. The lowest BCUT2D eigenvalue weighted by Gasteiger charge is -2.19. The van der Waals surface area contributed by atoms with E-state index >= 15 is 0 Å². The van der Waals surface area contributed by atoms with E-state index in [1.54, 1.807) is 0 Å². The maximum Gasteiger partial charge on any atom is 0.128 e. The lowest BCUT2D eigenvalue weighted by Crippen LogP contribution is -2.27. The molecule has 0 heterocycles. The number of benzene rings is 1. The molecule has 0 fully saturated rings. The minimum Gasteiger partial charge on any atom is -0.385 e. The van der Waals surface area contributed by atoms with Crippen LogP contribution in [0.15, 0.2) is 18.2 Å². The molecular formula is C12H18F2N2. The molecule has 0 saturated carbocycles. The van der Waals surface area contributed by atoms with Crippen molar-refractivity contribution >= 4 is 5.69 Å². The molecule has 16 heavy (non-hydrogen) atoms. The molecule has 2 nitrogen and oxygen atoms in total. The Morgan fingerprint density at radius 1 is 1.19 bits per heavy atom. The van der Waals surface area contributed by atoms with Crippen LogP contribution in [-0.4, -0.2) is 13.1 Å². The van der Waals surface area contributed by atoms with Crippen molar-refractivity contribution < 1.29 is 8.78 Å². The van der Waals surface area contributed by atoms with Gasteiger partial charge in [0.05, 0.1) is 0 Å². The first-order valence-electron chi connectivity index (χ1n) is 5.43. The van der Waals surface area contributed by atoms with E-state index in [1.807, 2.05) is 0 Å². The Hall–Kier alpha value is -1.16. The molecule has 0 aliphatic heterocycles. The first kappa shape index (κ1) is 12.9. The van der Waals surface area contributed by atoms with E-state index in [-0.39, 0.29) is 0 Å². The number of halogens is 2. The molecule has 0 aliphatic carbocycles. The van der Waals surface area contributed by atoms with Crippen molar-refractivity contribution in [1.29, 1.82) is 0 Å². The van der Waals surface area contributed by atoms with Gasteiger partial charge >= 0.3 is 0 Å². The Morgan fingerprint density at radius 2 is 1.75 bits per heavy atom. The zero-order valence-electron chi connectivity index (χ0n) is 9.63. The fourth-order valence-electron chi connectivity index (χ4n) is 1.50. The van der Waals surface area contributed by atoms with E-state index in [4.69, 9.17) is 5.73 Å². The van der Waals surface area contributed by atoms with Crippen molar-refractivity contribution in [1.82, 2.24) is 0 Å². The summed E-state index contributed by atoms with van der Waals surface area (Å²) in [4.78, 5) is 0. The largest absolute Gasteiger partial charge is 0.385 e. The number of rotatable bonds is 5. The highest BCUT2D eigenvalue weighted by atomic mass is 19.1. The van der Waals surface area contributed by atoms with Gasteiger partial charge in [0.2, 0.25) is 0 Å². The Kier molecular flexibility index (Phi) is 4.68. The quantitative estimate of drug-likeness (QED) is 0.813. The van der Waals surface area contributed by atoms with E-state index in [9.17, 15) is 8.78 Å². The average molecular weight is 228 g/mol. The number of hydrogen-bond donors (Lipinski definition) is 2. The molecule has 1 aromatic rings. The SMILES string of the molecule is CC(C)C(CN)CNc1cc(F)cc(F)c1. The van der Waals surface area contributed by atoms with Crippen LogP contribution in [0.4, 0.5) is 14.5 Å². The van der Waals surface area contributed by atoms with Gasteiger partial charge in [0.1, 0.15) is 11.6 Å². The molecule has 1 rings (SSSR count). The first-order chi connectivity index (χ1) is 7.52. The Morgan fingerprint density at radius 3 is 2.19 bits per heavy atom. The van der Waals surface area contributed by atoms with E-state index < -0.39 is 11.6 Å². The Bertz CT molecular complexity index is 320. The van der Waals surface area contributed by atoms with Crippen LogP contribution < -0.4 is 11.1 Å². The molecule has 0 bridgehead atoms. The molecule has 0 saturated heterocycles. The lowest BCUT2D eigenvalue weighted by atomic mass is 9.96. The zero-order chi connectivity index (χ0) is 12.1. The van der Waals surface area contributed by atoms with Gasteiger partial charge < -0.3 is 11.1 Å². The summed E-state index contributed by atoms with van der Waals surface area (Å²) in [6.07, 6.45) is 0. The molecule has 0 radical (unpaired) electrons. The van der Waals surface area contributed by atoms with E-state index in [1.165, 1.54) is 12.1 Å². The van der Waals surface area contributed by atoms with Crippen LogP contribution >= 0.6 is 0 Å². The summed E-state index contributed by atoms with van der Waals surface area (Å²) in [7, 11) is 0. The number of hydrogen-bond acceptors (Lipinski definition) is 2. The van der Waals surface area contributed by atoms with Crippen molar-refractivity contribution in [2.24, 2.45) is 17.6 Å². The average Bonchev–Trinajstić information content (AvgIpc) is 2.16. The van der Waals surface area contributed by atoms with Gasteiger partial charge in [-0.2, -0.15) is 0 Å². The van der Waals surface area contributed by atoms with Crippen LogP contribution in [0, 0.1) is 23.5 Å². The third-order valence-electron chi connectivity index (χ3n) is 2.68. The zero-order valence-corrected chi connectivity index (χ0v) is 9.63. The summed E-state index contributed by atoms with van der Waals surface area (Å²) >= 11 is 0. The standard InChI is InChI=1S/C12H18F2N2/c1-8(2)9(6-15)7-16-12-4-10(13)3-11(14)5-12/h3-5,8-9,16H,6-7,15H2,1-2H3. The molecule has 0 aliphatic rings. The maximum atomic E-state index is 12.9. The molecule has 1 aromatic carbocycles. The highest BCUT2D eigenvalue weighted by Crippen LogP contribution is 2.15. The van der Waals surface area contributed by atoms with E-state index in [0.29, 0.717) is 30.6 Å². The Labute approximate surface area is 94.8 Å². The summed E-state index contributed by atoms with van der Waals surface area (Å²) in [5.74, 6) is -0.407. The van der Waals surface area contributed by atoms with Gasteiger partial charge in [0, 0.05) is 18.3 Å². The highest BCUT2D eigenvalue weighted by molar-refractivity contribution is 5.43. The van der Waals surface area contributed by atoms with E-state index in [0.717, 1.165) is 6.07 Å². The van der Waals surface area contributed by atoms with Gasteiger partial charge in [-0.3, -0.25) is 0 Å². The predicted octanol–water partition coefficient (Wildman–Crippen LogP) is 2.61. The number of nitrogens with one attached hydrogen (secondary N) is 1. The van der Waals surface area contributed by atoms with Crippen LogP contribution in [-0.2, 0) is 0 Å². The predicted molar refractivity (Wildman–Crippen MR) is 62.2 cm³/mol. The van der Waals surface area contributed by atoms with Crippen LogP contribution in [0.25, 0.3) is 0 Å². The summed E-state index contributed by atoms with van der Waals surface area (Å²) < 4.78 is 25.8. The monoisotopic (exact) mass is 228 g/mol. The summed E-state index contributed by atoms with van der Waals surface area (Å²) in [6, 6.07) is 3.40. The van der Waals surface area contributed by atoms with Gasteiger partial charge in [-0.15, -0.1) is 0 Å². The molecule has 4 heteroatoms. The van der Waals surface area contributed by atoms with E-state index in [2.05, 4.69) is 19.2 Å². The third kappa shape index (κ3) is 3.77. The van der Waals surface area contributed by atoms with Gasteiger partial charge in [-0.25, -0.2) is 8.78 Å². The molecule has 0 spiro atoms. The van der Waals surface area contributed by atoms with Crippen LogP contribution in [0.3, 0.4) is 0 Å². The normalized spacial score (nSPS) is 12.9. The summed E-state index contributed by atoms with van der Waals surface area (Å²) in [6.45, 7) is 5.33. The lowest BCUT2D eigenvalue weighted by molar-refractivity contribution is 0.413. The highest BCUT2D eigenvalue weighted by Gasteiger charge is 2.11. The second-order valence-corrected chi connectivity index (χ2v) is 4.28. The van der Waals surface area contributed by atoms with Gasteiger partial charge in [-0.05, 0) is 30.5 Å². The second-order valence-electron chi connectivity index (χ2n) is 4.28. The van der Waals surface area contributed by atoms with Crippen molar-refractivity contribution in [2.45, 2.75) is 13.8 Å². The summed E-state index contributed by atoms with van der Waals surface area (Å²) in [5, 5.41) is 3.00. The van der Waals surface area contributed by atoms with Crippen molar-refractivity contribution in [3.63, 3.8) is 0 Å². The molecule has 0 aromatic heterocycles. The van der Waals surface area contributed by atoms with Crippen LogP contribution in [0.5, 0.6) is 0 Å². The van der Waals surface area contributed by atoms with Crippen molar-refractivity contribution in [3.05, 3.63) is 29.8 Å². The second kappa shape index (κ2) is 5.80. The van der Waals surface area contributed by atoms with Crippen LogP contribution in [0.2, 0.25) is 0 Å². The van der Waals surface area contributed by atoms with Gasteiger partial charge in [0.25, 0.3) is 0 Å². The van der Waals surface area contributed by atoms with Crippen LogP contribution in [0.1, 0.15) is 13.8 Å². The smallest absolute Gasteiger partial charge is 0.128 e. The van der Waals surface area contributed by atoms with Crippen molar-refractivity contribution in [2.75, 3.05) is 18.4 Å². The minimum absolute atomic E-state index is 0.298. The summed E-state index contributed by atoms with van der Waals surface area (Å²) in [5.41, 5.74) is 6.06. The molecule has 90 valence electrons. The van der Waals surface area contributed by atoms with Crippen molar-refractivity contribution in [3.8, 4) is 0 Å². The molecule has 1 unspecified atom stereocenters.